The molecule has 0 aliphatic heterocycles. The first-order valence-corrected chi connectivity index (χ1v) is 8.41. The normalized spacial score (nSPS) is 11.9. The Kier molecular flexibility index (Phi) is 11.7. The number of carboxylic acids is 2. The summed E-state index contributed by atoms with van der Waals surface area (Å²) in [6.45, 7) is 2.19. The van der Waals surface area contributed by atoms with E-state index < -0.39 is 29.0 Å². The molecule has 0 saturated heterocycles. The van der Waals surface area contributed by atoms with Crippen LogP contribution >= 0.6 is 0 Å². The van der Waals surface area contributed by atoms with Gasteiger partial charge in [-0.25, -0.2) is 9.59 Å². The second-order valence-electron chi connectivity index (χ2n) is 5.76. The van der Waals surface area contributed by atoms with Crippen molar-refractivity contribution in [3.63, 3.8) is 0 Å². The van der Waals surface area contributed by atoms with E-state index in [0.29, 0.717) is 6.42 Å². The van der Waals surface area contributed by atoms with E-state index in [2.05, 4.69) is 6.92 Å². The monoisotopic (exact) mass is 327 g/mol. The Morgan fingerprint density at radius 1 is 0.739 bits per heavy atom. The van der Waals surface area contributed by atoms with E-state index in [0.717, 1.165) is 19.3 Å². The number of carbonyl (C=O) groups is 3. The molecule has 0 fully saturated rings. The average Bonchev–Trinajstić information content (AvgIpc) is 2.46. The molecular formula is C17H29NO5. The highest BCUT2D eigenvalue weighted by Gasteiger charge is 2.24. The van der Waals surface area contributed by atoms with E-state index >= 15 is 0 Å². The molecule has 4 N–H and O–H groups in total. The summed E-state index contributed by atoms with van der Waals surface area (Å²) >= 11 is 0. The van der Waals surface area contributed by atoms with E-state index in [1.54, 1.807) is 0 Å². The van der Waals surface area contributed by atoms with Gasteiger partial charge in [0.2, 0.25) is 0 Å². The SMILES string of the molecule is CCCCCCCCCCCCC(C(=O)O)=C(C(N)=O)C(=O)O. The zero-order chi connectivity index (χ0) is 17.7. The van der Waals surface area contributed by atoms with E-state index in [1.165, 1.54) is 38.5 Å². The van der Waals surface area contributed by atoms with Gasteiger partial charge in [0.25, 0.3) is 5.91 Å². The van der Waals surface area contributed by atoms with E-state index in [4.69, 9.17) is 15.9 Å². The number of amides is 1. The van der Waals surface area contributed by atoms with Crippen molar-refractivity contribution in [2.75, 3.05) is 0 Å². The van der Waals surface area contributed by atoms with Gasteiger partial charge in [-0.15, -0.1) is 0 Å². The maximum absolute atomic E-state index is 11.1. The van der Waals surface area contributed by atoms with Gasteiger partial charge >= 0.3 is 11.9 Å². The number of unbranched alkanes of at least 4 members (excludes halogenated alkanes) is 9. The largest absolute Gasteiger partial charge is 0.478 e. The third-order valence-electron chi connectivity index (χ3n) is 3.80. The number of hydrogen-bond donors (Lipinski definition) is 3. The maximum Gasteiger partial charge on any atom is 0.341 e. The Bertz CT molecular complexity index is 413. The third-order valence-corrected chi connectivity index (χ3v) is 3.80. The minimum atomic E-state index is -1.58. The summed E-state index contributed by atoms with van der Waals surface area (Å²) < 4.78 is 0. The highest BCUT2D eigenvalue weighted by Crippen LogP contribution is 2.16. The van der Waals surface area contributed by atoms with Gasteiger partial charge < -0.3 is 15.9 Å². The predicted octanol–water partition coefficient (Wildman–Crippen LogP) is 3.25. The first-order chi connectivity index (χ1) is 10.9. The lowest BCUT2D eigenvalue weighted by Crippen LogP contribution is -2.24. The summed E-state index contributed by atoms with van der Waals surface area (Å²) in [4.78, 5) is 33.1. The summed E-state index contributed by atoms with van der Waals surface area (Å²) in [5.41, 5.74) is 3.75. The van der Waals surface area contributed by atoms with Crippen LogP contribution in [0.2, 0.25) is 0 Å². The molecule has 0 heterocycles. The van der Waals surface area contributed by atoms with Crippen LogP contribution in [0.1, 0.15) is 77.6 Å². The van der Waals surface area contributed by atoms with E-state index in [9.17, 15) is 14.4 Å². The average molecular weight is 327 g/mol. The molecule has 0 unspecified atom stereocenters. The van der Waals surface area contributed by atoms with Crippen LogP contribution in [0.4, 0.5) is 0 Å². The highest BCUT2D eigenvalue weighted by molar-refractivity contribution is 6.19. The fourth-order valence-electron chi connectivity index (χ4n) is 2.51. The van der Waals surface area contributed by atoms with Gasteiger partial charge in [0, 0.05) is 0 Å². The Hall–Kier alpha value is -1.85. The van der Waals surface area contributed by atoms with Crippen molar-refractivity contribution in [1.29, 1.82) is 0 Å². The van der Waals surface area contributed by atoms with Crippen molar-refractivity contribution in [1.82, 2.24) is 0 Å². The molecular weight excluding hydrogens is 298 g/mol. The van der Waals surface area contributed by atoms with Crippen LogP contribution < -0.4 is 5.73 Å². The molecule has 0 atom stereocenters. The molecule has 132 valence electrons. The van der Waals surface area contributed by atoms with Crippen LogP contribution in [0.5, 0.6) is 0 Å². The second kappa shape index (κ2) is 12.7. The Balaban J connectivity index is 4.08. The second-order valence-corrected chi connectivity index (χ2v) is 5.76. The first-order valence-electron chi connectivity index (χ1n) is 8.41. The molecule has 23 heavy (non-hydrogen) atoms. The van der Waals surface area contributed by atoms with Gasteiger partial charge in [-0.3, -0.25) is 4.79 Å². The zero-order valence-electron chi connectivity index (χ0n) is 14.0. The fourth-order valence-corrected chi connectivity index (χ4v) is 2.51. The predicted molar refractivity (Wildman–Crippen MR) is 88.0 cm³/mol. The van der Waals surface area contributed by atoms with Crippen LogP contribution in [0.3, 0.4) is 0 Å². The number of nitrogens with two attached hydrogens (primary N) is 1. The van der Waals surface area contributed by atoms with Crippen LogP contribution in [0.15, 0.2) is 11.1 Å². The summed E-state index contributed by atoms with van der Waals surface area (Å²) in [7, 11) is 0. The number of carboxylic acid groups (broad SMARTS) is 2. The van der Waals surface area contributed by atoms with Crippen LogP contribution in [0.25, 0.3) is 0 Å². The molecule has 0 bridgehead atoms. The van der Waals surface area contributed by atoms with Gasteiger partial charge in [-0.05, 0) is 12.8 Å². The Labute approximate surface area is 137 Å². The Morgan fingerprint density at radius 2 is 1.17 bits per heavy atom. The molecule has 0 aliphatic carbocycles. The number of primary amides is 1. The number of hydrogen-bond acceptors (Lipinski definition) is 3. The highest BCUT2D eigenvalue weighted by atomic mass is 16.4. The quantitative estimate of drug-likeness (QED) is 0.196. The maximum atomic E-state index is 11.1. The summed E-state index contributed by atoms with van der Waals surface area (Å²) in [6, 6.07) is 0. The van der Waals surface area contributed by atoms with Gasteiger partial charge in [0.1, 0.15) is 5.57 Å². The van der Waals surface area contributed by atoms with Gasteiger partial charge in [0.15, 0.2) is 0 Å². The molecule has 1 amide bonds. The lowest BCUT2D eigenvalue weighted by molar-refractivity contribution is -0.137. The van der Waals surface area contributed by atoms with Crippen molar-refractivity contribution in [2.45, 2.75) is 77.6 Å². The van der Waals surface area contributed by atoms with Crippen molar-refractivity contribution >= 4 is 17.8 Å². The number of rotatable bonds is 14. The van der Waals surface area contributed by atoms with Crippen LogP contribution in [-0.4, -0.2) is 28.1 Å². The fraction of sp³-hybridized carbons (Fsp3) is 0.706. The minimum absolute atomic E-state index is 0.0520. The molecule has 6 heteroatoms. The molecule has 0 aromatic carbocycles. The van der Waals surface area contributed by atoms with Gasteiger partial charge in [0.05, 0.1) is 5.57 Å². The summed E-state index contributed by atoms with van der Waals surface area (Å²) in [6.07, 6.45) is 11.0. The smallest absolute Gasteiger partial charge is 0.341 e. The minimum Gasteiger partial charge on any atom is -0.478 e. The van der Waals surface area contributed by atoms with Crippen molar-refractivity contribution < 1.29 is 24.6 Å². The molecule has 0 aromatic rings. The molecule has 0 aromatic heterocycles. The Morgan fingerprint density at radius 3 is 1.52 bits per heavy atom. The van der Waals surface area contributed by atoms with Gasteiger partial charge in [-0.1, -0.05) is 64.7 Å². The summed E-state index contributed by atoms with van der Waals surface area (Å²) in [5.74, 6) is -4.18. The van der Waals surface area contributed by atoms with Gasteiger partial charge in [-0.2, -0.15) is 0 Å². The molecule has 0 spiro atoms. The number of carbonyl (C=O) groups excluding carboxylic acids is 1. The molecule has 6 nitrogen and oxygen atoms in total. The molecule has 0 rings (SSSR count). The third kappa shape index (κ3) is 9.71. The lowest BCUT2D eigenvalue weighted by atomic mass is 10.00. The van der Waals surface area contributed by atoms with E-state index in [-0.39, 0.29) is 6.42 Å². The van der Waals surface area contributed by atoms with Crippen molar-refractivity contribution in [2.24, 2.45) is 5.73 Å². The summed E-state index contributed by atoms with van der Waals surface area (Å²) in [5, 5.41) is 18.0. The van der Waals surface area contributed by atoms with Crippen LogP contribution in [-0.2, 0) is 14.4 Å². The molecule has 0 radical (unpaired) electrons. The number of aliphatic carboxylic acids is 2. The van der Waals surface area contributed by atoms with E-state index in [1.807, 2.05) is 0 Å². The van der Waals surface area contributed by atoms with Crippen LogP contribution in [0, 0.1) is 0 Å². The van der Waals surface area contributed by atoms with Crippen molar-refractivity contribution in [3.8, 4) is 0 Å². The van der Waals surface area contributed by atoms with Crippen molar-refractivity contribution in [3.05, 3.63) is 11.1 Å². The standard InChI is InChI=1S/C17H29NO5/c1-2-3-4-5-6-7-8-9-10-11-12-13(16(20)21)14(15(18)19)17(22)23/h2-12H2,1H3,(H2,18,19)(H,20,21)(H,22,23). The first kappa shape index (κ1) is 21.1. The molecule has 0 aliphatic rings. The zero-order valence-corrected chi connectivity index (χ0v) is 14.0. The lowest BCUT2D eigenvalue weighted by Gasteiger charge is -2.06. The topological polar surface area (TPSA) is 118 Å². The molecule has 0 saturated carbocycles.